The van der Waals surface area contributed by atoms with E-state index in [-0.39, 0.29) is 4.90 Å². The Morgan fingerprint density at radius 1 is 1.21 bits per heavy atom. The van der Waals surface area contributed by atoms with Gasteiger partial charge in [0.1, 0.15) is 22.3 Å². The standard InChI is InChI=1S/C20H20FN3O3S/c1-27-15-7-4-6-14(12-15)17-13-22-20(23-17)18-9-5-11-24(18)28(25,26)19-10-3-2-8-16(19)21/h2-4,6-8,10,12-13,18H,5,9,11H2,1H3,(H,22,23)/t18-/m0/s1. The first-order valence-electron chi connectivity index (χ1n) is 8.96. The zero-order valence-electron chi connectivity index (χ0n) is 15.3. The molecule has 1 fully saturated rings. The summed E-state index contributed by atoms with van der Waals surface area (Å²) in [6, 6.07) is 12.5. The predicted octanol–water partition coefficient (Wildman–Crippen LogP) is 3.75. The lowest BCUT2D eigenvalue weighted by Gasteiger charge is -2.22. The number of rotatable bonds is 5. The van der Waals surface area contributed by atoms with Crippen LogP contribution < -0.4 is 4.74 Å². The van der Waals surface area contributed by atoms with Crippen molar-refractivity contribution in [1.29, 1.82) is 0 Å². The summed E-state index contributed by atoms with van der Waals surface area (Å²) in [5, 5.41) is 0. The van der Waals surface area contributed by atoms with Crippen molar-refractivity contribution in [2.45, 2.75) is 23.8 Å². The van der Waals surface area contributed by atoms with Gasteiger partial charge in [-0.25, -0.2) is 17.8 Å². The SMILES string of the molecule is COc1cccc(-c2cnc([C@@H]3CCCN3S(=O)(=O)c3ccccc3F)[nH]2)c1. The van der Waals surface area contributed by atoms with Crippen molar-refractivity contribution < 1.29 is 17.5 Å². The van der Waals surface area contributed by atoms with Gasteiger partial charge in [0.15, 0.2) is 0 Å². The summed E-state index contributed by atoms with van der Waals surface area (Å²) in [6.45, 7) is 0.330. The number of methoxy groups -OCH3 is 1. The summed E-state index contributed by atoms with van der Waals surface area (Å²) in [4.78, 5) is 7.33. The molecule has 0 unspecified atom stereocenters. The number of aromatic nitrogens is 2. The largest absolute Gasteiger partial charge is 0.497 e. The Labute approximate surface area is 163 Å². The van der Waals surface area contributed by atoms with Crippen LogP contribution in [0.25, 0.3) is 11.3 Å². The molecular formula is C20H20FN3O3S. The van der Waals surface area contributed by atoms with Gasteiger partial charge in [0.2, 0.25) is 10.0 Å². The van der Waals surface area contributed by atoms with Crippen molar-refractivity contribution in [2.75, 3.05) is 13.7 Å². The van der Waals surface area contributed by atoms with Crippen LogP contribution in [-0.4, -0.2) is 36.3 Å². The lowest BCUT2D eigenvalue weighted by atomic mass is 10.1. The Kier molecular flexibility index (Phi) is 4.91. The summed E-state index contributed by atoms with van der Waals surface area (Å²) in [5.74, 6) is 0.526. The monoisotopic (exact) mass is 401 g/mol. The molecule has 1 atom stereocenters. The second kappa shape index (κ2) is 7.37. The molecular weight excluding hydrogens is 381 g/mol. The Morgan fingerprint density at radius 3 is 2.82 bits per heavy atom. The molecule has 4 rings (SSSR count). The molecule has 0 radical (unpaired) electrons. The number of imidazole rings is 1. The number of H-pyrrole nitrogens is 1. The molecule has 6 nitrogen and oxygen atoms in total. The number of benzene rings is 2. The number of ether oxygens (including phenoxy) is 1. The second-order valence-corrected chi connectivity index (χ2v) is 8.48. The van der Waals surface area contributed by atoms with Gasteiger partial charge in [-0.15, -0.1) is 0 Å². The third kappa shape index (κ3) is 3.29. The van der Waals surface area contributed by atoms with Gasteiger partial charge in [-0.3, -0.25) is 0 Å². The summed E-state index contributed by atoms with van der Waals surface area (Å²) in [6.07, 6.45) is 2.99. The van der Waals surface area contributed by atoms with Gasteiger partial charge < -0.3 is 9.72 Å². The normalized spacial score (nSPS) is 17.7. The fourth-order valence-corrected chi connectivity index (χ4v) is 5.25. The highest BCUT2D eigenvalue weighted by molar-refractivity contribution is 7.89. The van der Waals surface area contributed by atoms with Gasteiger partial charge in [-0.05, 0) is 37.1 Å². The molecule has 0 aliphatic carbocycles. The summed E-state index contributed by atoms with van der Waals surface area (Å²) in [7, 11) is -2.36. The fourth-order valence-electron chi connectivity index (χ4n) is 3.52. The van der Waals surface area contributed by atoms with E-state index in [0.29, 0.717) is 25.2 Å². The van der Waals surface area contributed by atoms with Gasteiger partial charge >= 0.3 is 0 Å². The Bertz CT molecular complexity index is 1100. The van der Waals surface area contributed by atoms with Gasteiger partial charge in [0.25, 0.3) is 0 Å². The molecule has 1 aliphatic rings. The number of hydrogen-bond donors (Lipinski definition) is 1. The number of nitrogens with zero attached hydrogens (tertiary/aromatic N) is 2. The highest BCUT2D eigenvalue weighted by atomic mass is 32.2. The number of nitrogens with one attached hydrogen (secondary N) is 1. The van der Waals surface area contributed by atoms with Crippen LogP contribution in [0.4, 0.5) is 4.39 Å². The van der Waals surface area contributed by atoms with Crippen LogP contribution >= 0.6 is 0 Å². The molecule has 2 aromatic carbocycles. The average molecular weight is 401 g/mol. The first-order chi connectivity index (χ1) is 13.5. The van der Waals surface area contributed by atoms with E-state index in [0.717, 1.165) is 23.1 Å². The number of sulfonamides is 1. The van der Waals surface area contributed by atoms with Gasteiger partial charge in [-0.1, -0.05) is 24.3 Å². The van der Waals surface area contributed by atoms with Crippen LogP contribution in [0.15, 0.2) is 59.6 Å². The van der Waals surface area contributed by atoms with E-state index in [9.17, 15) is 12.8 Å². The number of hydrogen-bond acceptors (Lipinski definition) is 4. The minimum absolute atomic E-state index is 0.304. The lowest BCUT2D eigenvalue weighted by molar-refractivity contribution is 0.382. The van der Waals surface area contributed by atoms with Gasteiger partial charge in [-0.2, -0.15) is 4.31 Å². The molecule has 0 bridgehead atoms. The van der Waals surface area contributed by atoms with E-state index in [2.05, 4.69) is 9.97 Å². The molecule has 0 saturated carbocycles. The van der Waals surface area contributed by atoms with Crippen LogP contribution in [0.5, 0.6) is 5.75 Å². The topological polar surface area (TPSA) is 75.3 Å². The minimum Gasteiger partial charge on any atom is -0.497 e. The van der Waals surface area contributed by atoms with E-state index in [1.807, 2.05) is 24.3 Å². The van der Waals surface area contributed by atoms with Crippen molar-refractivity contribution >= 4 is 10.0 Å². The highest BCUT2D eigenvalue weighted by Crippen LogP contribution is 2.36. The van der Waals surface area contributed by atoms with Crippen molar-refractivity contribution in [2.24, 2.45) is 0 Å². The van der Waals surface area contributed by atoms with Crippen LogP contribution in [-0.2, 0) is 10.0 Å². The molecule has 0 amide bonds. The van der Waals surface area contributed by atoms with E-state index in [4.69, 9.17) is 4.74 Å². The molecule has 8 heteroatoms. The van der Waals surface area contributed by atoms with Crippen LogP contribution in [0.3, 0.4) is 0 Å². The molecule has 1 saturated heterocycles. The third-order valence-electron chi connectivity index (χ3n) is 4.92. The van der Waals surface area contributed by atoms with E-state index < -0.39 is 21.9 Å². The summed E-state index contributed by atoms with van der Waals surface area (Å²) in [5.41, 5.74) is 1.66. The number of halogens is 1. The molecule has 28 heavy (non-hydrogen) atoms. The average Bonchev–Trinajstić information content (AvgIpc) is 3.38. The maximum atomic E-state index is 14.1. The molecule has 146 valence electrons. The maximum absolute atomic E-state index is 14.1. The van der Waals surface area contributed by atoms with Crippen LogP contribution in [0, 0.1) is 5.82 Å². The molecule has 1 N–H and O–H groups in total. The molecule has 1 aliphatic heterocycles. The van der Waals surface area contributed by atoms with E-state index >= 15 is 0 Å². The maximum Gasteiger partial charge on any atom is 0.246 e. The molecule has 1 aromatic heterocycles. The van der Waals surface area contributed by atoms with Crippen LogP contribution in [0.1, 0.15) is 24.7 Å². The van der Waals surface area contributed by atoms with E-state index in [1.54, 1.807) is 13.3 Å². The predicted molar refractivity (Wildman–Crippen MR) is 103 cm³/mol. The summed E-state index contributed by atoms with van der Waals surface area (Å²) < 4.78 is 46.8. The van der Waals surface area contributed by atoms with E-state index in [1.165, 1.54) is 22.5 Å². The lowest BCUT2D eigenvalue weighted by Crippen LogP contribution is -2.31. The molecule has 0 spiro atoms. The van der Waals surface area contributed by atoms with Crippen LogP contribution in [0.2, 0.25) is 0 Å². The molecule has 2 heterocycles. The van der Waals surface area contributed by atoms with Crippen molar-refractivity contribution in [1.82, 2.24) is 14.3 Å². The first-order valence-corrected chi connectivity index (χ1v) is 10.4. The van der Waals surface area contributed by atoms with Gasteiger partial charge in [0, 0.05) is 12.1 Å². The van der Waals surface area contributed by atoms with Crippen molar-refractivity contribution in [3.05, 3.63) is 66.4 Å². The smallest absolute Gasteiger partial charge is 0.246 e. The first kappa shape index (κ1) is 18.6. The quantitative estimate of drug-likeness (QED) is 0.707. The summed E-state index contributed by atoms with van der Waals surface area (Å²) >= 11 is 0. The Morgan fingerprint density at radius 2 is 2.04 bits per heavy atom. The number of aromatic amines is 1. The fraction of sp³-hybridized carbons (Fsp3) is 0.250. The van der Waals surface area contributed by atoms with Crippen molar-refractivity contribution in [3.63, 3.8) is 0 Å². The van der Waals surface area contributed by atoms with Gasteiger partial charge in [0.05, 0.1) is 25.0 Å². The highest BCUT2D eigenvalue weighted by Gasteiger charge is 2.38. The zero-order valence-corrected chi connectivity index (χ0v) is 16.1. The minimum atomic E-state index is -3.95. The Balaban J connectivity index is 1.66. The molecule has 3 aromatic rings. The third-order valence-corrected chi connectivity index (χ3v) is 6.86. The second-order valence-electron chi connectivity index (χ2n) is 6.62. The zero-order chi connectivity index (χ0) is 19.7. The van der Waals surface area contributed by atoms with Crippen molar-refractivity contribution in [3.8, 4) is 17.0 Å². The Hall–Kier alpha value is -2.71.